The van der Waals surface area contributed by atoms with E-state index < -0.39 is 8.80 Å². The van der Waals surface area contributed by atoms with Crippen molar-refractivity contribution >= 4 is 14.5 Å². The summed E-state index contributed by atoms with van der Waals surface area (Å²) in [5.41, 5.74) is 1.13. The van der Waals surface area contributed by atoms with E-state index in [1.807, 2.05) is 0 Å². The lowest BCUT2D eigenvalue weighted by Gasteiger charge is -2.22. The van der Waals surface area contributed by atoms with Crippen LogP contribution in [0.4, 0.5) is 0 Å². The van der Waals surface area contributed by atoms with Crippen LogP contribution in [0.5, 0.6) is 0 Å². The van der Waals surface area contributed by atoms with E-state index in [0.29, 0.717) is 6.17 Å². The fourth-order valence-corrected chi connectivity index (χ4v) is 3.20. The third kappa shape index (κ3) is 7.17. The Morgan fingerprint density at radius 3 is 2.00 bits per heavy atom. The average Bonchev–Trinajstić information content (AvgIpc) is 2.45. The molecular weight excluding hydrogens is 260 g/mol. The predicted octanol–water partition coefficient (Wildman–Crippen LogP) is 1.99. The molecule has 0 N–H and O–H groups in total. The highest BCUT2D eigenvalue weighted by molar-refractivity contribution is 6.61. The zero-order valence-electron chi connectivity index (χ0n) is 13.4. The lowest BCUT2D eigenvalue weighted by molar-refractivity contribution is 0.125. The van der Waals surface area contributed by atoms with Gasteiger partial charge in [0.1, 0.15) is 6.17 Å². The van der Waals surface area contributed by atoms with Gasteiger partial charge in [-0.15, -0.1) is 0 Å². The van der Waals surface area contributed by atoms with Crippen molar-refractivity contribution in [2.45, 2.75) is 33.6 Å². The van der Waals surface area contributed by atoms with Gasteiger partial charge in [-0.2, -0.15) is 0 Å². The Kier molecular flexibility index (Phi) is 10.4. The van der Waals surface area contributed by atoms with Crippen molar-refractivity contribution in [1.82, 2.24) is 4.90 Å². The van der Waals surface area contributed by atoms with Gasteiger partial charge in [0.25, 0.3) is 0 Å². The summed E-state index contributed by atoms with van der Waals surface area (Å²) < 4.78 is 16.0. The molecule has 0 aliphatic heterocycles. The van der Waals surface area contributed by atoms with Crippen LogP contribution in [0.1, 0.15) is 33.6 Å². The summed E-state index contributed by atoms with van der Waals surface area (Å²) >= 11 is 0. The van der Waals surface area contributed by atoms with Gasteiger partial charge in [0.05, 0.1) is 0 Å². The zero-order chi connectivity index (χ0) is 14.7. The normalized spacial score (nSPS) is 13.3. The molecule has 0 saturated carbocycles. The van der Waals surface area contributed by atoms with Gasteiger partial charge < -0.3 is 18.2 Å². The second-order valence-electron chi connectivity index (χ2n) is 4.48. The predicted molar refractivity (Wildman–Crippen MR) is 81.8 cm³/mol. The van der Waals surface area contributed by atoms with E-state index in [4.69, 9.17) is 13.3 Å². The van der Waals surface area contributed by atoms with Crippen LogP contribution in [0.25, 0.3) is 0 Å². The summed E-state index contributed by atoms with van der Waals surface area (Å²) in [4.78, 5) is 6.96. The standard InChI is InChI=1S/C13H30N2O3Si/c1-7-15(8-2)11-9-10-13(3)14-12-19(16-4,17-5)18-6/h7-12H2,1-6H3. The molecule has 0 amide bonds. The maximum absolute atomic E-state index is 5.34. The molecule has 0 rings (SSSR count). The van der Waals surface area contributed by atoms with Gasteiger partial charge in [-0.05, 0) is 39.4 Å². The quantitative estimate of drug-likeness (QED) is 0.431. The number of hydrogen-bond acceptors (Lipinski definition) is 5. The lowest BCUT2D eigenvalue weighted by Crippen LogP contribution is -2.46. The highest BCUT2D eigenvalue weighted by Gasteiger charge is 2.37. The highest BCUT2D eigenvalue weighted by Crippen LogP contribution is 2.07. The van der Waals surface area contributed by atoms with Crippen LogP contribution in [0.2, 0.25) is 0 Å². The van der Waals surface area contributed by atoms with E-state index in [9.17, 15) is 0 Å². The number of nitrogens with zero attached hydrogens (tertiary/aromatic N) is 2. The van der Waals surface area contributed by atoms with Crippen molar-refractivity contribution in [3.63, 3.8) is 0 Å². The fraction of sp³-hybridized carbons (Fsp3) is 0.923. The Balaban J connectivity index is 4.12. The van der Waals surface area contributed by atoms with Gasteiger partial charge in [0.15, 0.2) is 0 Å². The largest absolute Gasteiger partial charge is 0.522 e. The van der Waals surface area contributed by atoms with Crippen LogP contribution in [-0.4, -0.2) is 66.5 Å². The van der Waals surface area contributed by atoms with Gasteiger partial charge in [-0.1, -0.05) is 13.8 Å². The molecular formula is C13H30N2O3Si. The first-order valence-electron chi connectivity index (χ1n) is 6.95. The second-order valence-corrected chi connectivity index (χ2v) is 7.38. The molecule has 0 unspecified atom stereocenters. The molecule has 0 atom stereocenters. The Bertz CT molecular complexity index is 246. The minimum atomic E-state index is -2.55. The molecule has 0 heterocycles. The van der Waals surface area contributed by atoms with Crippen molar-refractivity contribution in [3.8, 4) is 0 Å². The monoisotopic (exact) mass is 290 g/mol. The third-order valence-electron chi connectivity index (χ3n) is 3.38. The molecule has 5 nitrogen and oxygen atoms in total. The summed E-state index contributed by atoms with van der Waals surface area (Å²) in [6, 6.07) is 0. The van der Waals surface area contributed by atoms with Crippen molar-refractivity contribution in [2.75, 3.05) is 47.1 Å². The topological polar surface area (TPSA) is 43.3 Å². The molecule has 19 heavy (non-hydrogen) atoms. The number of aliphatic imine (C=N–C) groups is 1. The van der Waals surface area contributed by atoms with Crippen molar-refractivity contribution < 1.29 is 13.3 Å². The van der Waals surface area contributed by atoms with Gasteiger partial charge in [-0.3, -0.25) is 4.99 Å². The van der Waals surface area contributed by atoms with Crippen LogP contribution in [-0.2, 0) is 13.3 Å². The van der Waals surface area contributed by atoms with Crippen LogP contribution in [0.15, 0.2) is 4.99 Å². The zero-order valence-corrected chi connectivity index (χ0v) is 14.4. The molecule has 0 fully saturated rings. The van der Waals surface area contributed by atoms with E-state index in [-0.39, 0.29) is 0 Å². The molecule has 0 bridgehead atoms. The first-order valence-corrected chi connectivity index (χ1v) is 8.88. The molecule has 0 aliphatic rings. The molecule has 6 heteroatoms. The van der Waals surface area contributed by atoms with Gasteiger partial charge in [0, 0.05) is 27.0 Å². The molecule has 0 aromatic rings. The van der Waals surface area contributed by atoms with Crippen molar-refractivity contribution in [2.24, 2.45) is 4.99 Å². The summed E-state index contributed by atoms with van der Waals surface area (Å²) in [7, 11) is 2.29. The summed E-state index contributed by atoms with van der Waals surface area (Å²) in [6.07, 6.45) is 2.64. The Morgan fingerprint density at radius 2 is 1.58 bits per heavy atom. The molecule has 0 spiro atoms. The maximum Gasteiger partial charge on any atom is 0.522 e. The summed E-state index contributed by atoms with van der Waals surface area (Å²) in [5.74, 6) is 0. The summed E-state index contributed by atoms with van der Waals surface area (Å²) in [5, 5.41) is 0. The van der Waals surface area contributed by atoms with Gasteiger partial charge in [-0.25, -0.2) is 0 Å². The van der Waals surface area contributed by atoms with Crippen molar-refractivity contribution in [3.05, 3.63) is 0 Å². The van der Waals surface area contributed by atoms with Crippen molar-refractivity contribution in [1.29, 1.82) is 0 Å². The summed E-state index contributed by atoms with van der Waals surface area (Å²) in [6.45, 7) is 9.80. The van der Waals surface area contributed by atoms with Gasteiger partial charge in [0.2, 0.25) is 0 Å². The van der Waals surface area contributed by atoms with Crippen LogP contribution in [0.3, 0.4) is 0 Å². The molecule has 0 aromatic carbocycles. The van der Waals surface area contributed by atoms with Gasteiger partial charge >= 0.3 is 8.80 Å². The average molecular weight is 290 g/mol. The molecule has 0 radical (unpaired) electrons. The lowest BCUT2D eigenvalue weighted by atomic mass is 10.2. The fourth-order valence-electron chi connectivity index (χ4n) is 1.85. The Morgan fingerprint density at radius 1 is 1.05 bits per heavy atom. The van der Waals surface area contributed by atoms with Crippen LogP contribution >= 0.6 is 0 Å². The first kappa shape index (κ1) is 18.7. The van der Waals surface area contributed by atoms with E-state index in [1.165, 1.54) is 0 Å². The van der Waals surface area contributed by atoms with E-state index in [0.717, 1.165) is 38.2 Å². The van der Waals surface area contributed by atoms with Crippen LogP contribution < -0.4 is 0 Å². The maximum atomic E-state index is 5.34. The SMILES string of the molecule is CCN(CC)CCCC(C)=NC[Si](OC)(OC)OC. The minimum absolute atomic E-state index is 0.494. The number of hydrogen-bond donors (Lipinski definition) is 0. The Labute approximate surface area is 119 Å². The van der Waals surface area contributed by atoms with Crippen LogP contribution in [0, 0.1) is 0 Å². The Hall–Kier alpha value is -0.273. The molecule has 0 aliphatic carbocycles. The highest BCUT2D eigenvalue weighted by atomic mass is 28.4. The third-order valence-corrected chi connectivity index (χ3v) is 5.79. The molecule has 0 saturated heterocycles. The van der Waals surface area contributed by atoms with E-state index in [1.54, 1.807) is 21.3 Å². The second kappa shape index (κ2) is 10.5. The number of rotatable bonds is 11. The molecule has 0 aromatic heterocycles. The minimum Gasteiger partial charge on any atom is -0.376 e. The smallest absolute Gasteiger partial charge is 0.376 e. The van der Waals surface area contributed by atoms with E-state index >= 15 is 0 Å². The first-order chi connectivity index (χ1) is 9.07. The molecule has 114 valence electrons. The van der Waals surface area contributed by atoms with E-state index in [2.05, 4.69) is 30.7 Å².